The van der Waals surface area contributed by atoms with Crippen LogP contribution in [-0.4, -0.2) is 34.7 Å². The molecule has 4 aromatic rings. The van der Waals surface area contributed by atoms with E-state index >= 15 is 0 Å². The van der Waals surface area contributed by atoms with Crippen molar-refractivity contribution in [2.75, 3.05) is 23.7 Å². The van der Waals surface area contributed by atoms with Gasteiger partial charge in [-0.05, 0) is 43.0 Å². The summed E-state index contributed by atoms with van der Waals surface area (Å²) in [5.74, 6) is -0.224. The van der Waals surface area contributed by atoms with Crippen LogP contribution < -0.4 is 10.6 Å². The smallest absolute Gasteiger partial charge is 0.233 e. The zero-order valence-electron chi connectivity index (χ0n) is 22.7. The van der Waals surface area contributed by atoms with Crippen molar-refractivity contribution in [1.29, 1.82) is 0 Å². The molecule has 0 atom stereocenters. The number of carbonyl (C=O) groups excluding carboxylic acids is 2. The van der Waals surface area contributed by atoms with E-state index < -0.39 is 5.78 Å². The first-order valence-corrected chi connectivity index (χ1v) is 13.3. The van der Waals surface area contributed by atoms with Crippen molar-refractivity contribution < 1.29 is 14.7 Å². The molecule has 9 nitrogen and oxygen atoms in total. The number of hydrogen-bond donors (Lipinski definition) is 3. The second kappa shape index (κ2) is 11.8. The number of hydrogen-bond acceptors (Lipinski definition) is 8. The first-order valence-electron chi connectivity index (χ1n) is 13.3. The van der Waals surface area contributed by atoms with Crippen molar-refractivity contribution in [2.24, 2.45) is 10.2 Å². The van der Waals surface area contributed by atoms with Crippen LogP contribution in [0.2, 0.25) is 0 Å². The monoisotopic (exact) mass is 544 g/mol. The number of nitrogens with zero attached hydrogens (tertiary/aromatic N) is 4. The van der Waals surface area contributed by atoms with Crippen molar-refractivity contribution in [3.05, 3.63) is 112 Å². The molecule has 204 valence electrons. The summed E-state index contributed by atoms with van der Waals surface area (Å²) in [7, 11) is 0. The Morgan fingerprint density at radius 2 is 1.56 bits per heavy atom. The number of rotatable bonds is 9. The molecule has 1 heterocycles. The van der Waals surface area contributed by atoms with E-state index in [1.807, 2.05) is 37.3 Å². The van der Waals surface area contributed by atoms with Gasteiger partial charge in [0.05, 0.1) is 23.4 Å². The molecule has 1 aliphatic carbocycles. The second-order valence-corrected chi connectivity index (χ2v) is 9.59. The standard InChI is InChI=1S/C32H28N6O3/c1-4-17-34-31-27(33-3)19(2)28(32(36-31)35-18-16-20-10-6-5-7-11-20)38-37-23-14-8-12-21-25(23)30(41)26-22(29(21)40)13-9-15-24(26)39/h5-15,39H,4,16-18H2,1-2H3,(H2,34,35,36). The van der Waals surface area contributed by atoms with E-state index in [0.717, 1.165) is 18.4 Å². The molecule has 3 aromatic carbocycles. The summed E-state index contributed by atoms with van der Waals surface area (Å²) in [4.78, 5) is 35.1. The Balaban J connectivity index is 1.56. The Morgan fingerprint density at radius 1 is 0.854 bits per heavy atom. The third kappa shape index (κ3) is 5.28. The van der Waals surface area contributed by atoms with Crippen LogP contribution in [0.4, 0.5) is 28.7 Å². The van der Waals surface area contributed by atoms with Gasteiger partial charge < -0.3 is 15.7 Å². The highest BCUT2D eigenvalue weighted by atomic mass is 16.3. The summed E-state index contributed by atoms with van der Waals surface area (Å²) in [6.07, 6.45) is 1.60. The van der Waals surface area contributed by atoms with Gasteiger partial charge >= 0.3 is 0 Å². The maximum absolute atomic E-state index is 13.5. The van der Waals surface area contributed by atoms with Gasteiger partial charge in [-0.3, -0.25) is 9.59 Å². The number of azo groups is 1. The fourth-order valence-electron chi connectivity index (χ4n) is 4.80. The van der Waals surface area contributed by atoms with Crippen LogP contribution in [0, 0.1) is 13.5 Å². The van der Waals surface area contributed by atoms with Crippen molar-refractivity contribution in [3.63, 3.8) is 0 Å². The van der Waals surface area contributed by atoms with Gasteiger partial charge in [-0.1, -0.05) is 61.5 Å². The molecule has 9 heteroatoms. The van der Waals surface area contributed by atoms with E-state index in [4.69, 9.17) is 11.6 Å². The van der Waals surface area contributed by atoms with Crippen molar-refractivity contribution in [2.45, 2.75) is 26.7 Å². The van der Waals surface area contributed by atoms with Crippen LogP contribution in [-0.2, 0) is 6.42 Å². The van der Waals surface area contributed by atoms with Gasteiger partial charge in [0.25, 0.3) is 0 Å². The van der Waals surface area contributed by atoms with E-state index in [0.29, 0.717) is 41.7 Å². The van der Waals surface area contributed by atoms with E-state index in [2.05, 4.69) is 25.7 Å². The van der Waals surface area contributed by atoms with Crippen molar-refractivity contribution >= 4 is 40.3 Å². The molecule has 0 saturated heterocycles. The highest BCUT2D eigenvalue weighted by Crippen LogP contribution is 2.41. The lowest BCUT2D eigenvalue weighted by Crippen LogP contribution is -2.21. The predicted molar refractivity (Wildman–Crippen MR) is 158 cm³/mol. The van der Waals surface area contributed by atoms with Gasteiger partial charge in [-0.15, -0.1) is 10.2 Å². The Bertz CT molecular complexity index is 1720. The van der Waals surface area contributed by atoms with Crippen molar-refractivity contribution in [3.8, 4) is 5.75 Å². The number of fused-ring (bicyclic) bond motifs is 2. The van der Waals surface area contributed by atoms with Crippen LogP contribution in [0.1, 0.15) is 56.3 Å². The highest BCUT2D eigenvalue weighted by molar-refractivity contribution is 6.30. The van der Waals surface area contributed by atoms with Gasteiger partial charge in [0.2, 0.25) is 5.69 Å². The fraction of sp³-hybridized carbons (Fsp3) is 0.188. The number of pyridine rings is 1. The molecule has 0 saturated carbocycles. The number of nitrogens with one attached hydrogen (secondary N) is 2. The molecule has 0 radical (unpaired) electrons. The Labute approximate surface area is 237 Å². The average Bonchev–Trinajstić information content (AvgIpc) is 2.98. The quantitative estimate of drug-likeness (QED) is 0.132. The molecule has 0 fully saturated rings. The molecule has 0 amide bonds. The lowest BCUT2D eigenvalue weighted by molar-refractivity contribution is 0.0977. The van der Waals surface area contributed by atoms with Crippen LogP contribution in [0.15, 0.2) is 77.0 Å². The molecule has 5 rings (SSSR count). The number of benzene rings is 3. The summed E-state index contributed by atoms with van der Waals surface area (Å²) in [5.41, 5.74) is 2.99. The summed E-state index contributed by atoms with van der Waals surface area (Å²) in [6.45, 7) is 12.8. The summed E-state index contributed by atoms with van der Waals surface area (Å²) >= 11 is 0. The Kier molecular flexibility index (Phi) is 7.83. The van der Waals surface area contributed by atoms with E-state index in [9.17, 15) is 14.7 Å². The number of carbonyl (C=O) groups is 2. The molecule has 1 aromatic heterocycles. The normalized spacial score (nSPS) is 12.1. The van der Waals surface area contributed by atoms with Gasteiger partial charge in [0.15, 0.2) is 17.4 Å². The van der Waals surface area contributed by atoms with Crippen molar-refractivity contribution in [1.82, 2.24) is 4.98 Å². The molecule has 1 aliphatic rings. The largest absolute Gasteiger partial charge is 0.507 e. The average molecular weight is 545 g/mol. The van der Waals surface area contributed by atoms with Crippen LogP contribution in [0.3, 0.4) is 0 Å². The topological polar surface area (TPSA) is 120 Å². The molecule has 0 aliphatic heterocycles. The SMILES string of the molecule is [C-]#[N+]c1c(NCCC)nc(NCCc2ccccc2)c(N=Nc2cccc3c2C(=O)c2c(O)cccc2C3=O)c1C. The van der Waals surface area contributed by atoms with E-state index in [1.54, 1.807) is 25.1 Å². The minimum Gasteiger partial charge on any atom is -0.507 e. The number of ketones is 2. The first kappa shape index (κ1) is 27.2. The first-order chi connectivity index (χ1) is 19.9. The van der Waals surface area contributed by atoms with Gasteiger partial charge in [-0.25, -0.2) is 9.83 Å². The number of anilines is 2. The Hall–Kier alpha value is -5.36. The summed E-state index contributed by atoms with van der Waals surface area (Å²) in [5, 5.41) is 25.8. The van der Waals surface area contributed by atoms with Gasteiger partial charge in [0, 0.05) is 24.2 Å². The fourth-order valence-corrected chi connectivity index (χ4v) is 4.80. The van der Waals surface area contributed by atoms with Crippen LogP contribution in [0.5, 0.6) is 5.75 Å². The summed E-state index contributed by atoms with van der Waals surface area (Å²) in [6, 6.07) is 19.3. The second-order valence-electron chi connectivity index (χ2n) is 9.59. The lowest BCUT2D eigenvalue weighted by Gasteiger charge is -2.19. The third-order valence-electron chi connectivity index (χ3n) is 6.87. The predicted octanol–water partition coefficient (Wildman–Crippen LogP) is 7.31. The highest BCUT2D eigenvalue weighted by Gasteiger charge is 2.33. The molecule has 0 spiro atoms. The van der Waals surface area contributed by atoms with Crippen LogP contribution >= 0.6 is 0 Å². The summed E-state index contributed by atoms with van der Waals surface area (Å²) < 4.78 is 0. The molecular weight excluding hydrogens is 516 g/mol. The molecule has 0 unspecified atom stereocenters. The number of phenolic OH excluding ortho intramolecular Hbond substituents is 1. The number of aromatic nitrogens is 1. The van der Waals surface area contributed by atoms with E-state index in [-0.39, 0.29) is 39.5 Å². The lowest BCUT2D eigenvalue weighted by atomic mass is 9.83. The molecule has 41 heavy (non-hydrogen) atoms. The molecule has 0 bridgehead atoms. The Morgan fingerprint density at radius 3 is 2.29 bits per heavy atom. The van der Waals surface area contributed by atoms with Gasteiger partial charge in [0.1, 0.15) is 17.3 Å². The minimum absolute atomic E-state index is 0.0459. The molecular formula is C32H28N6O3. The molecule has 3 N–H and O–H groups in total. The van der Waals surface area contributed by atoms with E-state index in [1.165, 1.54) is 18.2 Å². The maximum atomic E-state index is 13.5. The maximum Gasteiger partial charge on any atom is 0.233 e. The van der Waals surface area contributed by atoms with Crippen LogP contribution in [0.25, 0.3) is 4.85 Å². The van der Waals surface area contributed by atoms with Gasteiger partial charge in [-0.2, -0.15) is 0 Å². The minimum atomic E-state index is -0.501. The number of phenols is 1. The number of aromatic hydroxyl groups is 1. The zero-order chi connectivity index (χ0) is 28.9. The zero-order valence-corrected chi connectivity index (χ0v) is 22.7. The third-order valence-corrected chi connectivity index (χ3v) is 6.87.